The summed E-state index contributed by atoms with van der Waals surface area (Å²) < 4.78 is 0. The van der Waals surface area contributed by atoms with E-state index >= 15 is 0 Å². The third-order valence-electron chi connectivity index (χ3n) is 3.72. The predicted molar refractivity (Wildman–Crippen MR) is 58.1 cm³/mol. The smallest absolute Gasteiger partial charge is 0.234 e. The van der Waals surface area contributed by atoms with Gasteiger partial charge in [0.2, 0.25) is 5.91 Å². The minimum Gasteiger partial charge on any atom is -0.329 e. The Labute approximate surface area is 89.0 Å². The SMILES string of the molecule is C=C1NC(=O)C2(c3ccccc3)CC1C2. The molecule has 2 nitrogen and oxygen atoms in total. The van der Waals surface area contributed by atoms with Gasteiger partial charge in [0.25, 0.3) is 0 Å². The van der Waals surface area contributed by atoms with Crippen molar-refractivity contribution in [3.63, 3.8) is 0 Å². The Morgan fingerprint density at radius 1 is 1.27 bits per heavy atom. The monoisotopic (exact) mass is 199 g/mol. The number of rotatable bonds is 1. The lowest BCUT2D eigenvalue weighted by Gasteiger charge is -2.52. The normalized spacial score (nSPS) is 33.2. The van der Waals surface area contributed by atoms with Gasteiger partial charge in [-0.15, -0.1) is 0 Å². The maximum absolute atomic E-state index is 12.0. The molecule has 1 aromatic carbocycles. The van der Waals surface area contributed by atoms with Gasteiger partial charge in [0.05, 0.1) is 5.41 Å². The van der Waals surface area contributed by atoms with Crippen molar-refractivity contribution in [1.82, 2.24) is 5.32 Å². The molecule has 2 heteroatoms. The molecule has 1 N–H and O–H groups in total. The highest BCUT2D eigenvalue weighted by Gasteiger charge is 2.55. The molecule has 2 saturated heterocycles. The summed E-state index contributed by atoms with van der Waals surface area (Å²) in [4.78, 5) is 12.0. The Balaban J connectivity index is 2.01. The lowest BCUT2D eigenvalue weighted by atomic mass is 9.55. The summed E-state index contributed by atoms with van der Waals surface area (Å²) in [6, 6.07) is 10.1. The van der Waals surface area contributed by atoms with E-state index in [-0.39, 0.29) is 11.3 Å². The summed E-state index contributed by atoms with van der Waals surface area (Å²) in [6.45, 7) is 3.88. The Morgan fingerprint density at radius 3 is 2.53 bits per heavy atom. The van der Waals surface area contributed by atoms with Crippen molar-refractivity contribution in [2.45, 2.75) is 18.3 Å². The van der Waals surface area contributed by atoms with Gasteiger partial charge in [0, 0.05) is 11.6 Å². The number of hydrogen-bond acceptors (Lipinski definition) is 1. The fraction of sp³-hybridized carbons (Fsp3) is 0.308. The predicted octanol–water partition coefficient (Wildman–Crippen LogP) is 1.98. The standard InChI is InChI=1S/C13H13NO/c1-9-10-7-13(8-10,12(15)14-9)11-5-3-2-4-6-11/h2-6,10H,1,7-8H2,(H,14,15). The topological polar surface area (TPSA) is 29.1 Å². The molecule has 0 aromatic heterocycles. The Kier molecular flexibility index (Phi) is 1.58. The van der Waals surface area contributed by atoms with Crippen LogP contribution in [-0.4, -0.2) is 5.91 Å². The van der Waals surface area contributed by atoms with Crippen molar-refractivity contribution in [2.75, 3.05) is 0 Å². The van der Waals surface area contributed by atoms with Gasteiger partial charge in [-0.2, -0.15) is 0 Å². The zero-order chi connectivity index (χ0) is 10.5. The fourth-order valence-corrected chi connectivity index (χ4v) is 2.70. The van der Waals surface area contributed by atoms with E-state index < -0.39 is 0 Å². The van der Waals surface area contributed by atoms with Crippen molar-refractivity contribution >= 4 is 5.91 Å². The van der Waals surface area contributed by atoms with E-state index in [0.717, 1.165) is 24.1 Å². The molecule has 0 unspecified atom stereocenters. The first-order chi connectivity index (χ1) is 7.22. The molecule has 2 aliphatic heterocycles. The van der Waals surface area contributed by atoms with Crippen molar-refractivity contribution in [3.05, 3.63) is 48.2 Å². The number of carbonyl (C=O) groups is 1. The number of hydrogen-bond donors (Lipinski definition) is 1. The van der Waals surface area contributed by atoms with E-state index in [1.54, 1.807) is 0 Å². The van der Waals surface area contributed by atoms with E-state index in [1.165, 1.54) is 0 Å². The molecule has 2 heterocycles. The second-order valence-electron chi connectivity index (χ2n) is 4.53. The van der Waals surface area contributed by atoms with Crippen LogP contribution in [0, 0.1) is 5.92 Å². The van der Waals surface area contributed by atoms with Crippen molar-refractivity contribution in [3.8, 4) is 0 Å². The van der Waals surface area contributed by atoms with Gasteiger partial charge in [0.1, 0.15) is 0 Å². The molecule has 1 aromatic rings. The average Bonchev–Trinajstić information content (AvgIpc) is 2.16. The van der Waals surface area contributed by atoms with Crippen LogP contribution in [-0.2, 0) is 10.2 Å². The van der Waals surface area contributed by atoms with Crippen LogP contribution >= 0.6 is 0 Å². The van der Waals surface area contributed by atoms with Crippen LogP contribution in [0.5, 0.6) is 0 Å². The van der Waals surface area contributed by atoms with E-state index in [9.17, 15) is 4.79 Å². The van der Waals surface area contributed by atoms with Crippen LogP contribution in [0.4, 0.5) is 0 Å². The van der Waals surface area contributed by atoms with Crippen molar-refractivity contribution < 1.29 is 4.79 Å². The van der Waals surface area contributed by atoms with Crippen molar-refractivity contribution in [1.29, 1.82) is 0 Å². The number of amides is 1. The van der Waals surface area contributed by atoms with Gasteiger partial charge in [-0.3, -0.25) is 4.79 Å². The number of nitrogens with one attached hydrogen (secondary N) is 1. The van der Waals surface area contributed by atoms with E-state index in [1.807, 2.05) is 30.3 Å². The highest BCUT2D eigenvalue weighted by molar-refractivity contribution is 5.92. The molecular formula is C13H13NO. The largest absolute Gasteiger partial charge is 0.329 e. The summed E-state index contributed by atoms with van der Waals surface area (Å²) in [5.41, 5.74) is 1.79. The number of fused-ring (bicyclic) bond motifs is 2. The maximum Gasteiger partial charge on any atom is 0.234 e. The Morgan fingerprint density at radius 2 is 1.93 bits per heavy atom. The van der Waals surface area contributed by atoms with Crippen LogP contribution < -0.4 is 5.32 Å². The van der Waals surface area contributed by atoms with Gasteiger partial charge in [-0.25, -0.2) is 0 Å². The lowest BCUT2D eigenvalue weighted by molar-refractivity contribution is -0.134. The third-order valence-corrected chi connectivity index (χ3v) is 3.72. The zero-order valence-corrected chi connectivity index (χ0v) is 8.49. The van der Waals surface area contributed by atoms with E-state index in [2.05, 4.69) is 11.9 Å². The quantitative estimate of drug-likeness (QED) is 0.736. The van der Waals surface area contributed by atoms with E-state index in [0.29, 0.717) is 5.92 Å². The molecule has 0 spiro atoms. The van der Waals surface area contributed by atoms with Crippen molar-refractivity contribution in [2.24, 2.45) is 5.92 Å². The third kappa shape index (κ3) is 1.02. The first-order valence-corrected chi connectivity index (χ1v) is 5.28. The van der Waals surface area contributed by atoms with Gasteiger partial charge < -0.3 is 5.32 Å². The average molecular weight is 199 g/mol. The highest BCUT2D eigenvalue weighted by Crippen LogP contribution is 2.53. The second-order valence-corrected chi connectivity index (χ2v) is 4.53. The van der Waals surface area contributed by atoms with Gasteiger partial charge in [-0.05, 0) is 18.4 Å². The lowest BCUT2D eigenvalue weighted by Crippen LogP contribution is -2.59. The van der Waals surface area contributed by atoms with Gasteiger partial charge in [0.15, 0.2) is 0 Å². The second kappa shape index (κ2) is 2.72. The number of piperidine rings is 2. The summed E-state index contributed by atoms with van der Waals surface area (Å²) in [5, 5.41) is 2.88. The zero-order valence-electron chi connectivity index (χ0n) is 8.49. The number of carbonyl (C=O) groups excluding carboxylic acids is 1. The van der Waals surface area contributed by atoms with Crippen LogP contribution in [0.25, 0.3) is 0 Å². The van der Waals surface area contributed by atoms with Crippen LogP contribution in [0.3, 0.4) is 0 Å². The first kappa shape index (κ1) is 8.72. The first-order valence-electron chi connectivity index (χ1n) is 5.28. The molecule has 76 valence electrons. The molecule has 15 heavy (non-hydrogen) atoms. The molecule has 1 amide bonds. The Hall–Kier alpha value is -1.57. The molecule has 1 aliphatic carbocycles. The number of allylic oxidation sites excluding steroid dienone is 1. The molecule has 0 radical (unpaired) electrons. The molecule has 4 rings (SSSR count). The van der Waals surface area contributed by atoms with Crippen LogP contribution in [0.15, 0.2) is 42.6 Å². The molecule has 0 atom stereocenters. The van der Waals surface area contributed by atoms with Gasteiger partial charge in [-0.1, -0.05) is 36.9 Å². The summed E-state index contributed by atoms with van der Waals surface area (Å²) in [6.07, 6.45) is 1.86. The summed E-state index contributed by atoms with van der Waals surface area (Å²) in [7, 11) is 0. The molecule has 3 aliphatic rings. The maximum atomic E-state index is 12.0. The molecular weight excluding hydrogens is 186 g/mol. The van der Waals surface area contributed by atoms with Gasteiger partial charge >= 0.3 is 0 Å². The number of benzene rings is 1. The minimum atomic E-state index is -0.257. The van der Waals surface area contributed by atoms with Crippen LogP contribution in [0.2, 0.25) is 0 Å². The molecule has 2 bridgehead atoms. The summed E-state index contributed by atoms with van der Waals surface area (Å²) >= 11 is 0. The fourth-order valence-electron chi connectivity index (χ4n) is 2.70. The van der Waals surface area contributed by atoms with Crippen LogP contribution in [0.1, 0.15) is 18.4 Å². The highest BCUT2D eigenvalue weighted by atomic mass is 16.2. The summed E-state index contributed by atoms with van der Waals surface area (Å²) in [5.74, 6) is 0.615. The molecule has 1 saturated carbocycles. The molecule has 3 fully saturated rings. The Bertz CT molecular complexity index is 429. The minimum absolute atomic E-state index is 0.126. The van der Waals surface area contributed by atoms with E-state index in [4.69, 9.17) is 0 Å².